The first-order chi connectivity index (χ1) is 9.31. The summed E-state index contributed by atoms with van der Waals surface area (Å²) in [6.45, 7) is 2.03. The second kappa shape index (κ2) is 4.61. The summed E-state index contributed by atoms with van der Waals surface area (Å²) in [4.78, 5) is 15.7. The minimum atomic E-state index is -0.503. The Morgan fingerprint density at radius 2 is 2.16 bits per heavy atom. The van der Waals surface area contributed by atoms with Crippen LogP contribution in [0.2, 0.25) is 0 Å². The molecule has 19 heavy (non-hydrogen) atoms. The molecule has 0 bridgehead atoms. The highest BCUT2D eigenvalue weighted by Gasteiger charge is 2.22. The molecular formula is C14H11NO4. The predicted molar refractivity (Wildman–Crippen MR) is 67.7 cm³/mol. The number of rotatable bonds is 3. The fourth-order valence-electron chi connectivity index (χ4n) is 1.94. The van der Waals surface area contributed by atoms with Crippen molar-refractivity contribution in [2.75, 3.05) is 6.61 Å². The van der Waals surface area contributed by atoms with E-state index < -0.39 is 5.97 Å². The summed E-state index contributed by atoms with van der Waals surface area (Å²) in [7, 11) is 0. The van der Waals surface area contributed by atoms with Crippen LogP contribution in [0.5, 0.6) is 0 Å². The van der Waals surface area contributed by atoms with E-state index in [0.29, 0.717) is 11.3 Å². The number of esters is 1. The van der Waals surface area contributed by atoms with E-state index in [1.165, 1.54) is 6.39 Å². The van der Waals surface area contributed by atoms with Crippen LogP contribution in [-0.4, -0.2) is 17.6 Å². The maximum Gasteiger partial charge on any atom is 0.360 e. The highest BCUT2D eigenvalue weighted by atomic mass is 16.5. The van der Waals surface area contributed by atoms with Crippen molar-refractivity contribution in [2.45, 2.75) is 6.92 Å². The number of furan rings is 1. The Labute approximate surface area is 108 Å². The zero-order valence-corrected chi connectivity index (χ0v) is 10.3. The lowest BCUT2D eigenvalue weighted by atomic mass is 10.1. The van der Waals surface area contributed by atoms with Gasteiger partial charge in [0, 0.05) is 5.39 Å². The van der Waals surface area contributed by atoms with E-state index in [2.05, 4.69) is 4.98 Å². The maximum atomic E-state index is 11.8. The Bertz CT molecular complexity index is 726. The molecule has 0 spiro atoms. The second-order valence-corrected chi connectivity index (χ2v) is 3.90. The summed E-state index contributed by atoms with van der Waals surface area (Å²) < 4.78 is 15.7. The van der Waals surface area contributed by atoms with Gasteiger partial charge in [0.15, 0.2) is 17.8 Å². The van der Waals surface area contributed by atoms with E-state index in [1.807, 2.05) is 24.3 Å². The van der Waals surface area contributed by atoms with Crippen LogP contribution in [-0.2, 0) is 4.74 Å². The molecule has 0 N–H and O–H groups in total. The van der Waals surface area contributed by atoms with Crippen LogP contribution < -0.4 is 0 Å². The van der Waals surface area contributed by atoms with Crippen molar-refractivity contribution < 1.29 is 18.4 Å². The molecule has 3 aromatic rings. The van der Waals surface area contributed by atoms with E-state index in [1.54, 1.807) is 13.2 Å². The molecule has 0 radical (unpaired) electrons. The van der Waals surface area contributed by atoms with E-state index in [0.717, 1.165) is 11.0 Å². The van der Waals surface area contributed by atoms with Crippen molar-refractivity contribution in [2.24, 2.45) is 0 Å². The van der Waals surface area contributed by atoms with Gasteiger partial charge < -0.3 is 13.6 Å². The molecule has 0 aliphatic heterocycles. The number of benzene rings is 1. The Kier molecular flexibility index (Phi) is 2.79. The zero-order valence-electron chi connectivity index (χ0n) is 10.3. The molecule has 0 amide bonds. The number of para-hydroxylation sites is 1. The van der Waals surface area contributed by atoms with Crippen molar-refractivity contribution in [3.63, 3.8) is 0 Å². The lowest BCUT2D eigenvalue weighted by Gasteiger charge is -1.99. The average Bonchev–Trinajstić information content (AvgIpc) is 3.05. The topological polar surface area (TPSA) is 65.5 Å². The first kappa shape index (κ1) is 11.5. The molecular weight excluding hydrogens is 246 g/mol. The zero-order chi connectivity index (χ0) is 13.2. The molecule has 0 aliphatic rings. The number of carbonyl (C=O) groups excluding carboxylic acids is 1. The summed E-state index contributed by atoms with van der Waals surface area (Å²) in [5, 5.41) is 0.866. The van der Waals surface area contributed by atoms with Gasteiger partial charge in [-0.25, -0.2) is 9.78 Å². The van der Waals surface area contributed by atoms with Gasteiger partial charge in [0.05, 0.1) is 12.2 Å². The largest absolute Gasteiger partial charge is 0.464 e. The Morgan fingerprint density at radius 3 is 3.00 bits per heavy atom. The third-order valence-corrected chi connectivity index (χ3v) is 2.76. The molecule has 3 rings (SSSR count). The lowest BCUT2D eigenvalue weighted by Crippen LogP contribution is -2.06. The van der Waals surface area contributed by atoms with Crippen LogP contribution >= 0.6 is 0 Å². The van der Waals surface area contributed by atoms with Crippen molar-refractivity contribution in [3.8, 4) is 11.3 Å². The SMILES string of the molecule is CCOC(=O)c1ncoc1-c1coc2ccccc12. The Balaban J connectivity index is 2.12. The fourth-order valence-corrected chi connectivity index (χ4v) is 1.94. The highest BCUT2D eigenvalue weighted by molar-refractivity contribution is 6.00. The van der Waals surface area contributed by atoms with Crippen LogP contribution in [0.3, 0.4) is 0 Å². The summed E-state index contributed by atoms with van der Waals surface area (Å²) in [6.07, 6.45) is 2.78. The molecule has 0 saturated carbocycles. The fraction of sp³-hybridized carbons (Fsp3) is 0.143. The predicted octanol–water partition coefficient (Wildman–Crippen LogP) is 3.26. The normalized spacial score (nSPS) is 10.8. The van der Waals surface area contributed by atoms with Crippen LogP contribution in [0.4, 0.5) is 0 Å². The number of aromatic nitrogens is 1. The van der Waals surface area contributed by atoms with E-state index in [4.69, 9.17) is 13.6 Å². The molecule has 1 aromatic carbocycles. The standard InChI is InChI=1S/C14H11NO4/c1-2-17-14(16)12-13(19-8-15-12)10-7-18-11-6-4-3-5-9(10)11/h3-8H,2H2,1H3. The van der Waals surface area contributed by atoms with Gasteiger partial charge >= 0.3 is 5.97 Å². The second-order valence-electron chi connectivity index (χ2n) is 3.90. The molecule has 0 aliphatic carbocycles. The maximum absolute atomic E-state index is 11.8. The van der Waals surface area contributed by atoms with E-state index in [-0.39, 0.29) is 12.3 Å². The monoisotopic (exact) mass is 257 g/mol. The highest BCUT2D eigenvalue weighted by Crippen LogP contribution is 2.32. The number of fused-ring (bicyclic) bond motifs is 1. The minimum Gasteiger partial charge on any atom is -0.464 e. The summed E-state index contributed by atoms with van der Waals surface area (Å²) >= 11 is 0. The Morgan fingerprint density at radius 1 is 1.32 bits per heavy atom. The summed E-state index contributed by atoms with van der Waals surface area (Å²) in [6, 6.07) is 7.51. The lowest BCUT2D eigenvalue weighted by molar-refractivity contribution is 0.0520. The molecule has 0 atom stereocenters. The van der Waals surface area contributed by atoms with Crippen LogP contribution in [0.25, 0.3) is 22.3 Å². The number of carbonyl (C=O) groups is 1. The molecule has 5 heteroatoms. The van der Waals surface area contributed by atoms with Gasteiger partial charge in [-0.05, 0) is 13.0 Å². The van der Waals surface area contributed by atoms with E-state index >= 15 is 0 Å². The quantitative estimate of drug-likeness (QED) is 0.674. The van der Waals surface area contributed by atoms with Gasteiger partial charge in [0.25, 0.3) is 0 Å². The molecule has 5 nitrogen and oxygen atoms in total. The molecule has 96 valence electrons. The first-order valence-corrected chi connectivity index (χ1v) is 5.88. The van der Waals surface area contributed by atoms with Crippen molar-refractivity contribution in [1.82, 2.24) is 4.98 Å². The molecule has 0 unspecified atom stereocenters. The van der Waals surface area contributed by atoms with Crippen LogP contribution in [0, 0.1) is 0 Å². The van der Waals surface area contributed by atoms with Crippen LogP contribution in [0.15, 0.2) is 45.8 Å². The molecule has 2 aromatic heterocycles. The number of ether oxygens (including phenoxy) is 1. The van der Waals surface area contributed by atoms with Crippen molar-refractivity contribution >= 4 is 16.9 Å². The van der Waals surface area contributed by atoms with Gasteiger partial charge in [0.1, 0.15) is 11.8 Å². The Hall–Kier alpha value is -2.56. The minimum absolute atomic E-state index is 0.161. The van der Waals surface area contributed by atoms with Gasteiger partial charge in [-0.1, -0.05) is 18.2 Å². The third-order valence-electron chi connectivity index (χ3n) is 2.76. The van der Waals surface area contributed by atoms with Gasteiger partial charge in [-0.3, -0.25) is 0 Å². The van der Waals surface area contributed by atoms with Crippen LogP contribution in [0.1, 0.15) is 17.4 Å². The molecule has 0 fully saturated rings. The van der Waals surface area contributed by atoms with Crippen molar-refractivity contribution in [3.05, 3.63) is 42.6 Å². The smallest absolute Gasteiger partial charge is 0.360 e. The number of oxazole rings is 1. The number of nitrogens with zero attached hydrogens (tertiary/aromatic N) is 1. The number of hydrogen-bond donors (Lipinski definition) is 0. The third kappa shape index (κ3) is 1.89. The molecule has 0 saturated heterocycles. The summed E-state index contributed by atoms with van der Waals surface area (Å²) in [5.41, 5.74) is 1.58. The van der Waals surface area contributed by atoms with Gasteiger partial charge in [0.2, 0.25) is 0 Å². The molecule has 2 heterocycles. The van der Waals surface area contributed by atoms with E-state index in [9.17, 15) is 4.79 Å². The average molecular weight is 257 g/mol. The summed E-state index contributed by atoms with van der Waals surface area (Å²) in [5.74, 6) is -0.139. The van der Waals surface area contributed by atoms with Gasteiger partial charge in [-0.15, -0.1) is 0 Å². The first-order valence-electron chi connectivity index (χ1n) is 5.88. The number of hydrogen-bond acceptors (Lipinski definition) is 5. The van der Waals surface area contributed by atoms with Gasteiger partial charge in [-0.2, -0.15) is 0 Å². The van der Waals surface area contributed by atoms with Crippen molar-refractivity contribution in [1.29, 1.82) is 0 Å².